The summed E-state index contributed by atoms with van der Waals surface area (Å²) in [5, 5.41) is 6.08. The van der Waals surface area contributed by atoms with Gasteiger partial charge in [-0.2, -0.15) is 4.98 Å². The van der Waals surface area contributed by atoms with Crippen LogP contribution in [0.15, 0.2) is 34.0 Å². The second kappa shape index (κ2) is 4.60. The first kappa shape index (κ1) is 11.1. The number of nitrogens with zero attached hydrogens (tertiary/aromatic N) is 3. The lowest BCUT2D eigenvalue weighted by Crippen LogP contribution is -2.24. The Labute approximate surface area is 96.1 Å². The zero-order valence-corrected chi connectivity index (χ0v) is 9.08. The highest BCUT2D eigenvalue weighted by Crippen LogP contribution is 1.98. The highest BCUT2D eigenvalue weighted by Gasteiger charge is 2.07. The third-order valence-corrected chi connectivity index (χ3v) is 2.19. The van der Waals surface area contributed by atoms with Crippen molar-refractivity contribution in [3.63, 3.8) is 0 Å². The molecular weight excluding hydrogens is 224 g/mol. The van der Waals surface area contributed by atoms with Crippen molar-refractivity contribution in [2.75, 3.05) is 7.05 Å². The maximum atomic E-state index is 11.6. The lowest BCUT2D eigenvalue weighted by Gasteiger charge is -2.04. The van der Waals surface area contributed by atoms with Crippen molar-refractivity contribution in [2.24, 2.45) is 0 Å². The van der Waals surface area contributed by atoms with E-state index in [4.69, 9.17) is 0 Å². The molecule has 0 aromatic carbocycles. The molecule has 17 heavy (non-hydrogen) atoms. The molecule has 1 amide bonds. The van der Waals surface area contributed by atoms with E-state index < -0.39 is 0 Å². The van der Waals surface area contributed by atoms with Gasteiger partial charge in [0.1, 0.15) is 0 Å². The van der Waals surface area contributed by atoms with Gasteiger partial charge >= 0.3 is 0 Å². The Morgan fingerprint density at radius 3 is 3.00 bits per heavy atom. The summed E-state index contributed by atoms with van der Waals surface area (Å²) < 4.78 is 5.91. The van der Waals surface area contributed by atoms with Crippen LogP contribution in [-0.2, 0) is 6.54 Å². The molecule has 7 nitrogen and oxygen atoms in total. The lowest BCUT2D eigenvalue weighted by molar-refractivity contribution is 0.0962. The van der Waals surface area contributed by atoms with Crippen molar-refractivity contribution in [1.29, 1.82) is 0 Å². The van der Waals surface area contributed by atoms with E-state index in [9.17, 15) is 9.59 Å². The Kier molecular flexibility index (Phi) is 2.99. The average Bonchev–Trinajstić information content (AvgIpc) is 2.84. The fourth-order valence-electron chi connectivity index (χ4n) is 1.35. The monoisotopic (exact) mass is 234 g/mol. The van der Waals surface area contributed by atoms with Crippen LogP contribution < -0.4 is 10.9 Å². The summed E-state index contributed by atoms with van der Waals surface area (Å²) in [6, 6.07) is 2.79. The summed E-state index contributed by atoms with van der Waals surface area (Å²) in [5.41, 5.74) is 0.165. The normalized spacial score (nSPS) is 10.2. The first-order valence-electron chi connectivity index (χ1n) is 4.88. The lowest BCUT2D eigenvalue weighted by atomic mass is 10.2. The third kappa shape index (κ3) is 2.39. The predicted octanol–water partition coefficient (Wildman–Crippen LogP) is -0.361. The number of nitrogens with one attached hydrogen (secondary N) is 1. The second-order valence-corrected chi connectivity index (χ2v) is 3.31. The first-order valence-corrected chi connectivity index (χ1v) is 4.88. The van der Waals surface area contributed by atoms with E-state index in [0.717, 1.165) is 0 Å². The number of hydrogen-bond donors (Lipinski definition) is 1. The second-order valence-electron chi connectivity index (χ2n) is 3.31. The largest absolute Gasteiger partial charge is 0.355 e. The van der Waals surface area contributed by atoms with E-state index in [2.05, 4.69) is 20.0 Å². The summed E-state index contributed by atoms with van der Waals surface area (Å²) in [6.45, 7) is 0.167. The van der Waals surface area contributed by atoms with E-state index in [-0.39, 0.29) is 18.0 Å². The van der Waals surface area contributed by atoms with E-state index in [1.165, 1.54) is 36.3 Å². The molecule has 7 heteroatoms. The van der Waals surface area contributed by atoms with Gasteiger partial charge in [-0.3, -0.25) is 9.59 Å². The number of carbonyl (C=O) groups is 1. The molecule has 0 aliphatic carbocycles. The number of hydrogen-bond acceptors (Lipinski definition) is 5. The van der Waals surface area contributed by atoms with Crippen molar-refractivity contribution in [3.05, 3.63) is 46.5 Å². The molecule has 0 saturated heterocycles. The number of amides is 1. The zero-order valence-electron chi connectivity index (χ0n) is 9.08. The molecule has 0 saturated carbocycles. The summed E-state index contributed by atoms with van der Waals surface area (Å²) in [5.74, 6) is 0.119. The molecule has 1 N–H and O–H groups in total. The predicted molar refractivity (Wildman–Crippen MR) is 57.5 cm³/mol. The quantitative estimate of drug-likeness (QED) is 0.783. The zero-order chi connectivity index (χ0) is 12.3. The summed E-state index contributed by atoms with van der Waals surface area (Å²) >= 11 is 0. The standard InChI is InChI=1S/C10H10N4O3/c1-11-10(16)7-2-3-9(15)14(4-7)5-8-12-6-17-13-8/h2-4,6H,5H2,1H3,(H,11,16). The third-order valence-electron chi connectivity index (χ3n) is 2.19. The Bertz CT molecular complexity index is 573. The molecule has 2 rings (SSSR count). The first-order chi connectivity index (χ1) is 8.20. The van der Waals surface area contributed by atoms with E-state index in [0.29, 0.717) is 11.4 Å². The van der Waals surface area contributed by atoms with Gasteiger partial charge in [0.05, 0.1) is 12.1 Å². The molecule has 88 valence electrons. The minimum Gasteiger partial charge on any atom is -0.355 e. The summed E-state index contributed by atoms with van der Waals surface area (Å²) in [7, 11) is 1.52. The smallest absolute Gasteiger partial charge is 0.252 e. The van der Waals surface area contributed by atoms with Gasteiger partial charge in [0.2, 0.25) is 6.39 Å². The maximum absolute atomic E-state index is 11.6. The molecule has 0 radical (unpaired) electrons. The van der Waals surface area contributed by atoms with Gasteiger partial charge in [-0.1, -0.05) is 5.16 Å². The van der Waals surface area contributed by atoms with Gasteiger partial charge in [-0.15, -0.1) is 0 Å². The van der Waals surface area contributed by atoms with Crippen LogP contribution in [0.1, 0.15) is 16.2 Å². The SMILES string of the molecule is CNC(=O)c1ccc(=O)n(Cc2ncon2)c1. The van der Waals surface area contributed by atoms with Crippen LogP contribution in [0.4, 0.5) is 0 Å². The Morgan fingerprint density at radius 2 is 2.35 bits per heavy atom. The molecule has 0 atom stereocenters. The molecule has 0 bridgehead atoms. The Balaban J connectivity index is 2.33. The van der Waals surface area contributed by atoms with E-state index in [1.807, 2.05) is 0 Å². The molecule has 0 aliphatic heterocycles. The molecule has 0 unspecified atom stereocenters. The topological polar surface area (TPSA) is 90.0 Å². The molecule has 2 aromatic heterocycles. The Hall–Kier alpha value is -2.44. The fourth-order valence-corrected chi connectivity index (χ4v) is 1.35. The van der Waals surface area contributed by atoms with Gasteiger partial charge in [-0.25, -0.2) is 0 Å². The van der Waals surface area contributed by atoms with E-state index >= 15 is 0 Å². The van der Waals surface area contributed by atoms with Gasteiger partial charge in [0.15, 0.2) is 5.82 Å². The minimum atomic E-state index is -0.258. The van der Waals surface area contributed by atoms with Gasteiger partial charge in [-0.05, 0) is 6.07 Å². The Morgan fingerprint density at radius 1 is 1.53 bits per heavy atom. The van der Waals surface area contributed by atoms with Crippen LogP contribution in [0.5, 0.6) is 0 Å². The number of pyridine rings is 1. The van der Waals surface area contributed by atoms with Crippen molar-refractivity contribution < 1.29 is 9.32 Å². The highest BCUT2D eigenvalue weighted by molar-refractivity contribution is 5.93. The molecule has 2 heterocycles. The fraction of sp³-hybridized carbons (Fsp3) is 0.200. The molecular formula is C10H10N4O3. The van der Waals surface area contributed by atoms with Gasteiger partial charge < -0.3 is 14.4 Å². The molecule has 0 spiro atoms. The van der Waals surface area contributed by atoms with Crippen LogP contribution in [0.2, 0.25) is 0 Å². The number of rotatable bonds is 3. The van der Waals surface area contributed by atoms with Crippen LogP contribution in [0.25, 0.3) is 0 Å². The molecule has 0 fully saturated rings. The summed E-state index contributed by atoms with van der Waals surface area (Å²) in [4.78, 5) is 26.8. The van der Waals surface area contributed by atoms with Gasteiger partial charge in [0.25, 0.3) is 11.5 Å². The minimum absolute atomic E-state index is 0.167. The van der Waals surface area contributed by atoms with E-state index in [1.54, 1.807) is 0 Å². The van der Waals surface area contributed by atoms with Gasteiger partial charge in [0, 0.05) is 19.3 Å². The van der Waals surface area contributed by atoms with Crippen LogP contribution in [0.3, 0.4) is 0 Å². The number of carbonyl (C=O) groups excluding carboxylic acids is 1. The maximum Gasteiger partial charge on any atom is 0.252 e. The summed E-state index contributed by atoms with van der Waals surface area (Å²) in [6.07, 6.45) is 2.64. The van der Waals surface area contributed by atoms with Crippen LogP contribution in [-0.4, -0.2) is 27.7 Å². The van der Waals surface area contributed by atoms with Crippen molar-refractivity contribution in [1.82, 2.24) is 20.0 Å². The molecule has 2 aromatic rings. The van der Waals surface area contributed by atoms with Crippen molar-refractivity contribution in [3.8, 4) is 0 Å². The van der Waals surface area contributed by atoms with Crippen molar-refractivity contribution >= 4 is 5.91 Å². The van der Waals surface area contributed by atoms with Crippen LogP contribution in [0, 0.1) is 0 Å². The van der Waals surface area contributed by atoms with Crippen molar-refractivity contribution in [2.45, 2.75) is 6.54 Å². The highest BCUT2D eigenvalue weighted by atomic mass is 16.5. The average molecular weight is 234 g/mol. The molecule has 0 aliphatic rings. The number of aromatic nitrogens is 3. The van der Waals surface area contributed by atoms with Crippen LogP contribution >= 0.6 is 0 Å².